The Morgan fingerprint density at radius 1 is 1.09 bits per heavy atom. The molecule has 0 aliphatic heterocycles. The van der Waals surface area contributed by atoms with Gasteiger partial charge in [0.05, 0.1) is 6.54 Å². The summed E-state index contributed by atoms with van der Waals surface area (Å²) in [6.07, 6.45) is 0.707. The van der Waals surface area contributed by atoms with Gasteiger partial charge in [0.1, 0.15) is 18.2 Å². The number of nitrogens with zero attached hydrogens (tertiary/aromatic N) is 1. The number of benzene rings is 2. The summed E-state index contributed by atoms with van der Waals surface area (Å²) in [5.74, 6) is 0.514. The first-order valence-corrected chi connectivity index (χ1v) is 7.32. The summed E-state index contributed by atoms with van der Waals surface area (Å²) in [5.41, 5.74) is 0.574. The van der Waals surface area contributed by atoms with Crippen molar-refractivity contribution in [3.8, 4) is 5.75 Å². The fraction of sp³-hybridized carbons (Fsp3) is 0.278. The van der Waals surface area contributed by atoms with Gasteiger partial charge < -0.3 is 9.64 Å². The van der Waals surface area contributed by atoms with Crippen molar-refractivity contribution in [2.75, 3.05) is 20.2 Å². The van der Waals surface area contributed by atoms with Gasteiger partial charge in [-0.05, 0) is 30.2 Å². The normalized spacial score (nSPS) is 10.3. The van der Waals surface area contributed by atoms with Crippen molar-refractivity contribution in [3.05, 3.63) is 66.0 Å². The van der Waals surface area contributed by atoms with Gasteiger partial charge in [0.15, 0.2) is 0 Å². The van der Waals surface area contributed by atoms with Crippen LogP contribution < -0.4 is 4.74 Å². The lowest BCUT2D eigenvalue weighted by Crippen LogP contribution is -2.31. The summed E-state index contributed by atoms with van der Waals surface area (Å²) >= 11 is 0. The fourth-order valence-electron chi connectivity index (χ4n) is 2.08. The summed E-state index contributed by atoms with van der Waals surface area (Å²) in [7, 11) is 1.73. The topological polar surface area (TPSA) is 29.5 Å². The number of ether oxygens (including phenoxy) is 1. The number of carbonyl (C=O) groups excluding carboxylic acids is 1. The van der Waals surface area contributed by atoms with E-state index in [4.69, 9.17) is 4.74 Å². The minimum atomic E-state index is -0.259. The van der Waals surface area contributed by atoms with Gasteiger partial charge in [-0.2, -0.15) is 0 Å². The van der Waals surface area contributed by atoms with Crippen molar-refractivity contribution in [2.45, 2.75) is 12.8 Å². The lowest BCUT2D eigenvalue weighted by Gasteiger charge is -2.17. The molecule has 0 N–H and O–H groups in total. The molecule has 0 aliphatic rings. The predicted octanol–water partition coefficient (Wildman–Crippen LogP) is 3.30. The van der Waals surface area contributed by atoms with Crippen molar-refractivity contribution in [1.29, 1.82) is 0 Å². The molecule has 0 radical (unpaired) electrons. The van der Waals surface area contributed by atoms with Crippen LogP contribution in [0.15, 0.2) is 54.6 Å². The maximum atomic E-state index is 13.5. The Hall–Kier alpha value is -2.36. The van der Waals surface area contributed by atoms with Crippen molar-refractivity contribution < 1.29 is 13.9 Å². The smallest absolute Gasteiger partial charge is 0.222 e. The number of para-hydroxylation sites is 1. The Balaban J connectivity index is 1.72. The van der Waals surface area contributed by atoms with Crippen LogP contribution in [0.5, 0.6) is 5.75 Å². The van der Waals surface area contributed by atoms with Crippen molar-refractivity contribution in [3.63, 3.8) is 0 Å². The van der Waals surface area contributed by atoms with Gasteiger partial charge in [-0.15, -0.1) is 0 Å². The second-order valence-corrected chi connectivity index (χ2v) is 5.07. The molecule has 0 heterocycles. The quantitative estimate of drug-likeness (QED) is 0.785. The molecule has 2 aromatic carbocycles. The van der Waals surface area contributed by atoms with Crippen LogP contribution in [0, 0.1) is 5.82 Å². The Morgan fingerprint density at radius 3 is 2.50 bits per heavy atom. The van der Waals surface area contributed by atoms with Gasteiger partial charge in [-0.1, -0.05) is 36.4 Å². The molecule has 0 aliphatic carbocycles. The summed E-state index contributed by atoms with van der Waals surface area (Å²) < 4.78 is 19.0. The molecule has 0 bridgehead atoms. The van der Waals surface area contributed by atoms with E-state index in [1.54, 1.807) is 30.1 Å². The first-order chi connectivity index (χ1) is 10.7. The van der Waals surface area contributed by atoms with E-state index in [1.165, 1.54) is 6.07 Å². The van der Waals surface area contributed by atoms with E-state index >= 15 is 0 Å². The highest BCUT2D eigenvalue weighted by atomic mass is 19.1. The molecular weight excluding hydrogens is 281 g/mol. The first kappa shape index (κ1) is 16.0. The van der Waals surface area contributed by atoms with Crippen LogP contribution in [-0.2, 0) is 11.2 Å². The molecule has 4 heteroatoms. The number of carbonyl (C=O) groups is 1. The third-order valence-electron chi connectivity index (χ3n) is 3.43. The van der Waals surface area contributed by atoms with Crippen molar-refractivity contribution in [1.82, 2.24) is 4.90 Å². The van der Waals surface area contributed by atoms with Gasteiger partial charge in [0.2, 0.25) is 5.91 Å². The van der Waals surface area contributed by atoms with E-state index in [-0.39, 0.29) is 11.7 Å². The van der Waals surface area contributed by atoms with Crippen molar-refractivity contribution in [2.24, 2.45) is 0 Å². The van der Waals surface area contributed by atoms with Crippen LogP contribution in [0.25, 0.3) is 0 Å². The maximum absolute atomic E-state index is 13.5. The van der Waals surface area contributed by atoms with Crippen LogP contribution >= 0.6 is 0 Å². The molecule has 0 saturated carbocycles. The molecule has 0 spiro atoms. The molecule has 0 atom stereocenters. The number of likely N-dealkylation sites (N-methyl/N-ethyl adjacent to an activating group) is 1. The zero-order valence-corrected chi connectivity index (χ0v) is 12.7. The van der Waals surface area contributed by atoms with Crippen LogP contribution in [0.2, 0.25) is 0 Å². The zero-order chi connectivity index (χ0) is 15.8. The monoisotopic (exact) mass is 301 g/mol. The minimum Gasteiger partial charge on any atom is -0.492 e. The van der Waals surface area contributed by atoms with Gasteiger partial charge in [0, 0.05) is 13.5 Å². The Morgan fingerprint density at radius 2 is 1.77 bits per heavy atom. The molecule has 0 fully saturated rings. The molecular formula is C18H20FNO2. The number of amides is 1. The summed E-state index contributed by atoms with van der Waals surface area (Å²) in [6.45, 7) is 0.941. The molecule has 2 aromatic rings. The average Bonchev–Trinajstić information content (AvgIpc) is 2.54. The van der Waals surface area contributed by atoms with E-state index < -0.39 is 0 Å². The summed E-state index contributed by atoms with van der Waals surface area (Å²) in [5, 5.41) is 0. The number of rotatable bonds is 7. The molecule has 116 valence electrons. The standard InChI is InChI=1S/C18H20FNO2/c1-20(13-14-22-16-8-3-2-4-9-16)18(21)12-11-15-7-5-6-10-17(15)19/h2-10H,11-14H2,1H3. The van der Waals surface area contributed by atoms with Gasteiger partial charge >= 0.3 is 0 Å². The third-order valence-corrected chi connectivity index (χ3v) is 3.43. The third kappa shape index (κ3) is 4.88. The van der Waals surface area contributed by atoms with Crippen LogP contribution in [0.3, 0.4) is 0 Å². The van der Waals surface area contributed by atoms with Crippen LogP contribution in [0.1, 0.15) is 12.0 Å². The largest absolute Gasteiger partial charge is 0.492 e. The minimum absolute atomic E-state index is 0.0140. The van der Waals surface area contributed by atoms with E-state index in [9.17, 15) is 9.18 Å². The second kappa shape index (κ2) is 8.17. The fourth-order valence-corrected chi connectivity index (χ4v) is 2.08. The summed E-state index contributed by atoms with van der Waals surface area (Å²) in [4.78, 5) is 13.6. The van der Waals surface area contributed by atoms with Crippen LogP contribution in [-0.4, -0.2) is 31.0 Å². The van der Waals surface area contributed by atoms with Gasteiger partial charge in [-0.3, -0.25) is 4.79 Å². The number of hydrogen-bond donors (Lipinski definition) is 0. The molecule has 3 nitrogen and oxygen atoms in total. The number of aryl methyl sites for hydroxylation is 1. The Kier molecular flexibility index (Phi) is 5.95. The Bertz CT molecular complexity index is 601. The highest BCUT2D eigenvalue weighted by molar-refractivity contribution is 5.76. The average molecular weight is 301 g/mol. The first-order valence-electron chi connectivity index (χ1n) is 7.32. The van der Waals surface area contributed by atoms with E-state index in [0.717, 1.165) is 5.75 Å². The predicted molar refractivity (Wildman–Crippen MR) is 84.3 cm³/mol. The van der Waals surface area contributed by atoms with Crippen molar-refractivity contribution >= 4 is 5.91 Å². The molecule has 0 saturated heterocycles. The van der Waals surface area contributed by atoms with E-state index in [1.807, 2.05) is 30.3 Å². The number of halogens is 1. The second-order valence-electron chi connectivity index (χ2n) is 5.07. The molecule has 1 amide bonds. The lowest BCUT2D eigenvalue weighted by molar-refractivity contribution is -0.130. The number of hydrogen-bond acceptors (Lipinski definition) is 2. The highest BCUT2D eigenvalue weighted by Crippen LogP contribution is 2.10. The molecule has 2 rings (SSSR count). The molecule has 0 unspecified atom stereocenters. The maximum Gasteiger partial charge on any atom is 0.222 e. The molecule has 22 heavy (non-hydrogen) atoms. The van der Waals surface area contributed by atoms with E-state index in [0.29, 0.717) is 31.6 Å². The summed E-state index contributed by atoms with van der Waals surface area (Å²) in [6, 6.07) is 16.0. The zero-order valence-electron chi connectivity index (χ0n) is 12.7. The Labute approximate surface area is 130 Å². The highest BCUT2D eigenvalue weighted by Gasteiger charge is 2.10. The van der Waals surface area contributed by atoms with Crippen LogP contribution in [0.4, 0.5) is 4.39 Å². The lowest BCUT2D eigenvalue weighted by atomic mass is 10.1. The van der Waals surface area contributed by atoms with Gasteiger partial charge in [-0.25, -0.2) is 4.39 Å². The molecule has 0 aromatic heterocycles. The van der Waals surface area contributed by atoms with Gasteiger partial charge in [0.25, 0.3) is 0 Å². The van der Waals surface area contributed by atoms with E-state index in [2.05, 4.69) is 0 Å². The SMILES string of the molecule is CN(CCOc1ccccc1)C(=O)CCc1ccccc1F.